The number of rotatable bonds is 9. The molecule has 0 radical (unpaired) electrons. The van der Waals surface area contributed by atoms with Crippen molar-refractivity contribution < 1.29 is 18.0 Å². The zero-order valence-corrected chi connectivity index (χ0v) is 22.9. The van der Waals surface area contributed by atoms with E-state index in [0.29, 0.717) is 5.69 Å². The summed E-state index contributed by atoms with van der Waals surface area (Å²) in [5.74, 6) is -0.632. The minimum atomic E-state index is -3.74. The maximum absolute atomic E-state index is 13.7. The lowest BCUT2D eigenvalue weighted by molar-refractivity contribution is -0.139. The van der Waals surface area contributed by atoms with Gasteiger partial charge in [0.15, 0.2) is 0 Å². The van der Waals surface area contributed by atoms with Crippen molar-refractivity contribution in [2.45, 2.75) is 78.4 Å². The van der Waals surface area contributed by atoms with E-state index in [9.17, 15) is 18.0 Å². The summed E-state index contributed by atoms with van der Waals surface area (Å²) in [7, 11) is -3.74. The maximum atomic E-state index is 13.7. The SMILES string of the molecule is Cc1ccc(CN(C(=O)CN(c2ccc(C)cc2C)S(C)(=O)=O)C(C)C(=O)NC2CCCCC2)cc1. The smallest absolute Gasteiger partial charge is 0.244 e. The number of nitrogens with zero attached hydrogens (tertiary/aromatic N) is 2. The molecule has 3 rings (SSSR count). The van der Waals surface area contributed by atoms with E-state index in [1.165, 1.54) is 11.3 Å². The van der Waals surface area contributed by atoms with Gasteiger partial charge in [-0.3, -0.25) is 13.9 Å². The molecule has 1 N–H and O–H groups in total. The second kappa shape index (κ2) is 11.9. The molecule has 0 heterocycles. The van der Waals surface area contributed by atoms with Gasteiger partial charge in [-0.15, -0.1) is 0 Å². The van der Waals surface area contributed by atoms with E-state index in [1.54, 1.807) is 13.0 Å². The summed E-state index contributed by atoms with van der Waals surface area (Å²) in [6.07, 6.45) is 6.34. The summed E-state index contributed by atoms with van der Waals surface area (Å²) in [4.78, 5) is 28.4. The van der Waals surface area contributed by atoms with E-state index in [1.807, 2.05) is 57.2 Å². The predicted octanol–water partition coefficient (Wildman–Crippen LogP) is 4.24. The Morgan fingerprint density at radius 1 is 0.972 bits per heavy atom. The Kier molecular flexibility index (Phi) is 9.17. The van der Waals surface area contributed by atoms with Crippen molar-refractivity contribution in [3.8, 4) is 0 Å². The second-order valence-corrected chi connectivity index (χ2v) is 12.0. The molecule has 0 saturated heterocycles. The van der Waals surface area contributed by atoms with Crippen molar-refractivity contribution >= 4 is 27.5 Å². The van der Waals surface area contributed by atoms with Crippen LogP contribution >= 0.6 is 0 Å². The van der Waals surface area contributed by atoms with Gasteiger partial charge in [-0.25, -0.2) is 8.42 Å². The summed E-state index contributed by atoms with van der Waals surface area (Å²) < 4.78 is 26.7. The molecule has 8 heteroatoms. The molecule has 0 spiro atoms. The van der Waals surface area contributed by atoms with Gasteiger partial charge < -0.3 is 10.2 Å². The molecule has 36 heavy (non-hydrogen) atoms. The zero-order valence-electron chi connectivity index (χ0n) is 22.1. The maximum Gasteiger partial charge on any atom is 0.244 e. The molecule has 7 nitrogen and oxygen atoms in total. The fraction of sp³-hybridized carbons (Fsp3) is 0.500. The first-order chi connectivity index (χ1) is 17.0. The van der Waals surface area contributed by atoms with Crippen LogP contribution in [0.1, 0.15) is 61.3 Å². The highest BCUT2D eigenvalue weighted by Gasteiger charge is 2.31. The second-order valence-electron chi connectivity index (χ2n) is 10.1. The minimum absolute atomic E-state index is 0.118. The van der Waals surface area contributed by atoms with E-state index in [-0.39, 0.29) is 25.0 Å². The van der Waals surface area contributed by atoms with Crippen molar-refractivity contribution in [2.24, 2.45) is 0 Å². The van der Waals surface area contributed by atoms with E-state index < -0.39 is 22.0 Å². The summed E-state index contributed by atoms with van der Waals surface area (Å²) in [5.41, 5.74) is 4.21. The molecule has 2 aromatic carbocycles. The Balaban J connectivity index is 1.88. The van der Waals surface area contributed by atoms with Gasteiger partial charge >= 0.3 is 0 Å². The quantitative estimate of drug-likeness (QED) is 0.543. The van der Waals surface area contributed by atoms with Crippen LogP contribution in [0.3, 0.4) is 0 Å². The molecule has 196 valence electrons. The highest BCUT2D eigenvalue weighted by molar-refractivity contribution is 7.92. The van der Waals surface area contributed by atoms with Crippen molar-refractivity contribution in [3.63, 3.8) is 0 Å². The molecule has 0 bridgehead atoms. The van der Waals surface area contributed by atoms with Crippen molar-refractivity contribution in [2.75, 3.05) is 17.1 Å². The van der Waals surface area contributed by atoms with Gasteiger partial charge in [0.2, 0.25) is 21.8 Å². The van der Waals surface area contributed by atoms with Crippen LogP contribution < -0.4 is 9.62 Å². The molecule has 1 atom stereocenters. The van der Waals surface area contributed by atoms with Gasteiger partial charge in [-0.1, -0.05) is 66.8 Å². The normalized spacial score (nSPS) is 15.2. The van der Waals surface area contributed by atoms with Crippen LogP contribution in [0.25, 0.3) is 0 Å². The van der Waals surface area contributed by atoms with E-state index in [0.717, 1.165) is 58.5 Å². The fourth-order valence-electron chi connectivity index (χ4n) is 4.72. The summed E-state index contributed by atoms with van der Waals surface area (Å²) in [6, 6.07) is 12.6. The van der Waals surface area contributed by atoms with Crippen LogP contribution in [0.5, 0.6) is 0 Å². The van der Waals surface area contributed by atoms with E-state index in [4.69, 9.17) is 0 Å². The average Bonchev–Trinajstić information content (AvgIpc) is 2.82. The Bertz CT molecular complexity index is 1170. The Labute approximate surface area is 215 Å². The largest absolute Gasteiger partial charge is 0.352 e. The van der Waals surface area contributed by atoms with Crippen LogP contribution in [0, 0.1) is 20.8 Å². The third-order valence-corrected chi connectivity index (χ3v) is 8.02. The zero-order chi connectivity index (χ0) is 26.5. The van der Waals surface area contributed by atoms with E-state index >= 15 is 0 Å². The number of sulfonamides is 1. The molecular formula is C28H39N3O4S. The first-order valence-electron chi connectivity index (χ1n) is 12.7. The Morgan fingerprint density at radius 3 is 2.17 bits per heavy atom. The molecule has 1 saturated carbocycles. The lowest BCUT2D eigenvalue weighted by Crippen LogP contribution is -2.53. The van der Waals surface area contributed by atoms with E-state index in [2.05, 4.69) is 5.32 Å². The van der Waals surface area contributed by atoms with Gasteiger partial charge in [0.1, 0.15) is 12.6 Å². The van der Waals surface area contributed by atoms with Gasteiger partial charge in [0.25, 0.3) is 0 Å². The third kappa shape index (κ3) is 7.32. The minimum Gasteiger partial charge on any atom is -0.352 e. The third-order valence-electron chi connectivity index (χ3n) is 6.89. The van der Waals surface area contributed by atoms with Crippen molar-refractivity contribution in [1.82, 2.24) is 10.2 Å². The molecular weight excluding hydrogens is 474 g/mol. The number of benzene rings is 2. The highest BCUT2D eigenvalue weighted by Crippen LogP contribution is 2.24. The fourth-order valence-corrected chi connectivity index (χ4v) is 5.63. The number of amides is 2. The van der Waals surface area contributed by atoms with Crippen LogP contribution in [-0.2, 0) is 26.2 Å². The average molecular weight is 514 g/mol. The first kappa shape index (κ1) is 27.7. The molecule has 2 amide bonds. The topological polar surface area (TPSA) is 86.8 Å². The van der Waals surface area contributed by atoms with Gasteiger partial charge in [0, 0.05) is 12.6 Å². The number of nitrogens with one attached hydrogen (secondary N) is 1. The van der Waals surface area contributed by atoms with Crippen LogP contribution in [0.15, 0.2) is 42.5 Å². The number of hydrogen-bond donors (Lipinski definition) is 1. The number of carbonyl (C=O) groups is 2. The lowest BCUT2D eigenvalue weighted by Gasteiger charge is -2.33. The molecule has 1 aliphatic carbocycles. The predicted molar refractivity (Wildman–Crippen MR) is 144 cm³/mol. The lowest BCUT2D eigenvalue weighted by atomic mass is 9.95. The molecule has 0 aromatic heterocycles. The molecule has 1 unspecified atom stereocenters. The number of anilines is 1. The highest BCUT2D eigenvalue weighted by atomic mass is 32.2. The number of hydrogen-bond acceptors (Lipinski definition) is 4. The molecule has 1 aliphatic rings. The molecule has 2 aromatic rings. The van der Waals surface area contributed by atoms with Gasteiger partial charge in [0.05, 0.1) is 11.9 Å². The van der Waals surface area contributed by atoms with Crippen molar-refractivity contribution in [3.05, 3.63) is 64.7 Å². The van der Waals surface area contributed by atoms with Gasteiger partial charge in [-0.05, 0) is 57.7 Å². The van der Waals surface area contributed by atoms with Crippen molar-refractivity contribution in [1.29, 1.82) is 0 Å². The Hall–Kier alpha value is -2.87. The van der Waals surface area contributed by atoms with Crippen LogP contribution in [0.2, 0.25) is 0 Å². The summed E-state index contributed by atoms with van der Waals surface area (Å²) in [6.45, 7) is 7.30. The summed E-state index contributed by atoms with van der Waals surface area (Å²) >= 11 is 0. The number of carbonyl (C=O) groups excluding carboxylic acids is 2. The monoisotopic (exact) mass is 513 g/mol. The Morgan fingerprint density at radius 2 is 1.58 bits per heavy atom. The summed E-state index contributed by atoms with van der Waals surface area (Å²) in [5, 5.41) is 3.11. The van der Waals surface area contributed by atoms with Crippen LogP contribution in [-0.4, -0.2) is 50.0 Å². The standard InChI is InChI=1S/C28H39N3O4S/c1-20-11-14-24(15-12-20)18-30(23(4)28(33)29-25-9-7-6-8-10-25)27(32)19-31(36(5,34)35)26-16-13-21(2)17-22(26)3/h11-17,23,25H,6-10,18-19H2,1-5H3,(H,29,33). The number of aryl methyl sites for hydroxylation is 3. The van der Waals surface area contributed by atoms with Gasteiger partial charge in [-0.2, -0.15) is 0 Å². The molecule has 0 aliphatic heterocycles. The first-order valence-corrected chi connectivity index (χ1v) is 14.5. The van der Waals surface area contributed by atoms with Crippen LogP contribution in [0.4, 0.5) is 5.69 Å². The molecule has 1 fully saturated rings.